The molecule has 0 amide bonds. The van der Waals surface area contributed by atoms with Gasteiger partial charge in [-0.15, -0.1) is 0 Å². The lowest BCUT2D eigenvalue weighted by Gasteiger charge is -2.07. The van der Waals surface area contributed by atoms with E-state index in [1.54, 1.807) is 6.08 Å². The number of carbonyl (C=O) groups is 1. The number of hydrogen-bond donors (Lipinski definition) is 1. The van der Waals surface area contributed by atoms with Gasteiger partial charge in [0.25, 0.3) is 0 Å². The Labute approximate surface area is 179 Å². The van der Waals surface area contributed by atoms with Crippen molar-refractivity contribution >= 4 is 33.5 Å². The lowest BCUT2D eigenvalue weighted by Crippen LogP contribution is -1.85. The number of aliphatic carboxylic acids is 1. The predicted molar refractivity (Wildman–Crippen MR) is 126 cm³/mol. The SMILES string of the molecule is O=C(O)/C=C/C1=CC=C(c2ccc(-c3cccc4c3oc3ccccc34)cc2)CC=C1. The van der Waals surface area contributed by atoms with Crippen LogP contribution in [0.1, 0.15) is 12.0 Å². The van der Waals surface area contributed by atoms with E-state index in [0.717, 1.165) is 56.7 Å². The first-order valence-corrected chi connectivity index (χ1v) is 10.2. The fourth-order valence-corrected chi connectivity index (χ4v) is 3.97. The minimum Gasteiger partial charge on any atom is -0.478 e. The van der Waals surface area contributed by atoms with Crippen LogP contribution in [0.2, 0.25) is 0 Å². The van der Waals surface area contributed by atoms with Crippen LogP contribution in [-0.2, 0) is 4.79 Å². The summed E-state index contributed by atoms with van der Waals surface area (Å²) in [5.74, 6) is -0.946. The van der Waals surface area contributed by atoms with E-state index in [1.165, 1.54) is 5.57 Å². The van der Waals surface area contributed by atoms with Crippen LogP contribution in [0.3, 0.4) is 0 Å². The summed E-state index contributed by atoms with van der Waals surface area (Å²) in [7, 11) is 0. The minimum absolute atomic E-state index is 0.791. The van der Waals surface area contributed by atoms with Crippen molar-refractivity contribution < 1.29 is 14.3 Å². The molecule has 1 aromatic heterocycles. The zero-order chi connectivity index (χ0) is 21.2. The standard InChI is InChI=1S/C28H20O3/c29-27(30)18-12-19-5-3-6-20(13-11-19)21-14-16-22(17-15-21)23-8-4-9-25-24-7-1-2-10-26(24)31-28(23)25/h1-5,7-18H,6H2,(H,29,30)/b18-12+. The number of carboxylic acid groups (broad SMARTS) is 1. The van der Waals surface area contributed by atoms with Crippen molar-refractivity contribution in [2.75, 3.05) is 0 Å². The Balaban J connectivity index is 1.48. The van der Waals surface area contributed by atoms with Crippen molar-refractivity contribution in [3.8, 4) is 11.1 Å². The molecule has 0 unspecified atom stereocenters. The molecule has 3 heteroatoms. The van der Waals surface area contributed by atoms with Gasteiger partial charge in [-0.1, -0.05) is 85.0 Å². The first-order chi connectivity index (χ1) is 15.2. The molecule has 0 aliphatic heterocycles. The highest BCUT2D eigenvalue weighted by Gasteiger charge is 2.12. The monoisotopic (exact) mass is 404 g/mol. The number of para-hydroxylation sites is 2. The second kappa shape index (κ2) is 7.96. The molecule has 0 saturated heterocycles. The van der Waals surface area contributed by atoms with Crippen LogP contribution in [0, 0.1) is 0 Å². The van der Waals surface area contributed by atoms with Crippen molar-refractivity contribution in [2.24, 2.45) is 0 Å². The van der Waals surface area contributed by atoms with Crippen LogP contribution in [0.25, 0.3) is 38.6 Å². The third-order valence-corrected chi connectivity index (χ3v) is 5.51. The van der Waals surface area contributed by atoms with E-state index < -0.39 is 5.97 Å². The summed E-state index contributed by atoms with van der Waals surface area (Å²) >= 11 is 0. The van der Waals surface area contributed by atoms with Gasteiger partial charge in [-0.2, -0.15) is 0 Å². The summed E-state index contributed by atoms with van der Waals surface area (Å²) in [4.78, 5) is 10.7. The number of rotatable bonds is 4. The highest BCUT2D eigenvalue weighted by Crippen LogP contribution is 2.36. The van der Waals surface area contributed by atoms with Gasteiger partial charge in [-0.3, -0.25) is 0 Å². The molecule has 5 rings (SSSR count). The summed E-state index contributed by atoms with van der Waals surface area (Å²) in [5, 5.41) is 11.1. The molecule has 4 aromatic rings. The summed E-state index contributed by atoms with van der Waals surface area (Å²) in [6.07, 6.45) is 11.6. The molecule has 0 bridgehead atoms. The Morgan fingerprint density at radius 1 is 0.871 bits per heavy atom. The van der Waals surface area contributed by atoms with Gasteiger partial charge < -0.3 is 9.52 Å². The number of furan rings is 1. The van der Waals surface area contributed by atoms with Crippen LogP contribution >= 0.6 is 0 Å². The fraction of sp³-hybridized carbons (Fsp3) is 0.0357. The highest BCUT2D eigenvalue weighted by atomic mass is 16.4. The third kappa shape index (κ3) is 3.74. The molecule has 3 aromatic carbocycles. The predicted octanol–water partition coefficient (Wildman–Crippen LogP) is 7.16. The molecule has 0 saturated carbocycles. The van der Waals surface area contributed by atoms with Crippen LogP contribution in [0.4, 0.5) is 0 Å². The Morgan fingerprint density at radius 3 is 2.48 bits per heavy atom. The van der Waals surface area contributed by atoms with Gasteiger partial charge in [-0.05, 0) is 40.8 Å². The van der Waals surface area contributed by atoms with E-state index in [1.807, 2.05) is 30.4 Å². The minimum atomic E-state index is -0.946. The zero-order valence-corrected chi connectivity index (χ0v) is 16.8. The average molecular weight is 404 g/mol. The van der Waals surface area contributed by atoms with Crippen LogP contribution in [0.15, 0.2) is 113 Å². The van der Waals surface area contributed by atoms with E-state index in [4.69, 9.17) is 9.52 Å². The molecule has 0 spiro atoms. The Bertz CT molecular complexity index is 1410. The Kier molecular flexibility index (Phi) is 4.85. The molecule has 150 valence electrons. The van der Waals surface area contributed by atoms with Crippen molar-refractivity contribution in [3.63, 3.8) is 0 Å². The number of benzene rings is 3. The number of allylic oxidation sites excluding steroid dienone is 7. The molecule has 1 heterocycles. The molecular formula is C28H20O3. The first kappa shape index (κ1) is 18.9. The number of hydrogen-bond acceptors (Lipinski definition) is 2. The molecule has 0 atom stereocenters. The molecule has 1 N–H and O–H groups in total. The number of fused-ring (bicyclic) bond motifs is 3. The van der Waals surface area contributed by atoms with Gasteiger partial charge in [0.15, 0.2) is 0 Å². The maximum Gasteiger partial charge on any atom is 0.328 e. The van der Waals surface area contributed by atoms with Gasteiger partial charge in [0.05, 0.1) is 0 Å². The summed E-state index contributed by atoms with van der Waals surface area (Å²) in [6.45, 7) is 0. The van der Waals surface area contributed by atoms with Gasteiger partial charge in [0.1, 0.15) is 11.2 Å². The summed E-state index contributed by atoms with van der Waals surface area (Å²) < 4.78 is 6.18. The quantitative estimate of drug-likeness (QED) is 0.367. The van der Waals surface area contributed by atoms with E-state index in [0.29, 0.717) is 0 Å². The molecule has 1 aliphatic carbocycles. The first-order valence-electron chi connectivity index (χ1n) is 10.2. The Hall–Kier alpha value is -4.11. The van der Waals surface area contributed by atoms with E-state index in [-0.39, 0.29) is 0 Å². The van der Waals surface area contributed by atoms with Crippen LogP contribution in [-0.4, -0.2) is 11.1 Å². The number of carboxylic acids is 1. The lowest BCUT2D eigenvalue weighted by atomic mass is 9.97. The zero-order valence-electron chi connectivity index (χ0n) is 16.8. The topological polar surface area (TPSA) is 50.4 Å². The third-order valence-electron chi connectivity index (χ3n) is 5.51. The van der Waals surface area contributed by atoms with E-state index in [2.05, 4.69) is 60.7 Å². The molecule has 0 fully saturated rings. The summed E-state index contributed by atoms with van der Waals surface area (Å²) in [5.41, 5.74) is 7.19. The average Bonchev–Trinajstić information content (AvgIpc) is 3.01. The van der Waals surface area contributed by atoms with Crippen molar-refractivity contribution in [2.45, 2.75) is 6.42 Å². The second-order valence-corrected chi connectivity index (χ2v) is 7.49. The fourth-order valence-electron chi connectivity index (χ4n) is 3.97. The summed E-state index contributed by atoms with van der Waals surface area (Å²) in [6, 6.07) is 22.9. The van der Waals surface area contributed by atoms with Crippen molar-refractivity contribution in [1.29, 1.82) is 0 Å². The van der Waals surface area contributed by atoms with Crippen molar-refractivity contribution in [3.05, 3.63) is 114 Å². The molecule has 1 aliphatic rings. The maximum atomic E-state index is 10.7. The molecule has 31 heavy (non-hydrogen) atoms. The second-order valence-electron chi connectivity index (χ2n) is 7.49. The smallest absolute Gasteiger partial charge is 0.328 e. The maximum absolute atomic E-state index is 10.7. The largest absolute Gasteiger partial charge is 0.478 e. The van der Waals surface area contributed by atoms with Crippen LogP contribution < -0.4 is 0 Å². The van der Waals surface area contributed by atoms with Crippen molar-refractivity contribution in [1.82, 2.24) is 0 Å². The molecular weight excluding hydrogens is 384 g/mol. The normalized spacial score (nSPS) is 14.1. The van der Waals surface area contributed by atoms with Gasteiger partial charge in [-0.25, -0.2) is 4.79 Å². The lowest BCUT2D eigenvalue weighted by molar-refractivity contribution is -0.131. The van der Waals surface area contributed by atoms with E-state index in [9.17, 15) is 4.79 Å². The molecule has 0 radical (unpaired) electrons. The molecule has 3 nitrogen and oxygen atoms in total. The van der Waals surface area contributed by atoms with Crippen LogP contribution in [0.5, 0.6) is 0 Å². The Morgan fingerprint density at radius 2 is 1.65 bits per heavy atom. The van der Waals surface area contributed by atoms with Gasteiger partial charge >= 0.3 is 5.97 Å². The van der Waals surface area contributed by atoms with Gasteiger partial charge in [0.2, 0.25) is 0 Å². The highest BCUT2D eigenvalue weighted by molar-refractivity contribution is 6.09. The van der Waals surface area contributed by atoms with E-state index >= 15 is 0 Å². The van der Waals surface area contributed by atoms with Gasteiger partial charge in [0, 0.05) is 22.4 Å².